The normalized spacial score (nSPS) is 12.3. The minimum Gasteiger partial charge on any atom is -0.496 e. The first-order chi connectivity index (χ1) is 11.9. The molecular weight excluding hydrogens is 338 g/mol. The fraction of sp³-hybridized carbons (Fsp3) is 0.250. The standard InChI is InChI=1S/C20H20ClNO3/c1-11(20(23)24)18-12(2)22-16-8-9-17(25-3)15(19(16)18)10-13-4-6-14(21)7-5-13/h4-9,11,22H,10H2,1-3H3,(H,23,24). The number of methoxy groups -OCH3 is 1. The molecule has 0 saturated heterocycles. The van der Waals surface area contributed by atoms with Crippen molar-refractivity contribution in [1.29, 1.82) is 0 Å². The Labute approximate surface area is 151 Å². The molecular formula is C20H20ClNO3. The summed E-state index contributed by atoms with van der Waals surface area (Å²) in [5.74, 6) is -0.700. The van der Waals surface area contributed by atoms with Gasteiger partial charge >= 0.3 is 5.97 Å². The lowest BCUT2D eigenvalue weighted by atomic mass is 9.92. The van der Waals surface area contributed by atoms with Crippen LogP contribution in [0.1, 0.15) is 35.2 Å². The van der Waals surface area contributed by atoms with Gasteiger partial charge in [-0.3, -0.25) is 4.79 Å². The second-order valence-corrected chi connectivity index (χ2v) is 6.63. The smallest absolute Gasteiger partial charge is 0.310 e. The third-order valence-corrected chi connectivity index (χ3v) is 4.83. The number of ether oxygens (including phenoxy) is 1. The van der Waals surface area contributed by atoms with Crippen LogP contribution in [0.4, 0.5) is 0 Å². The van der Waals surface area contributed by atoms with Crippen molar-refractivity contribution in [2.24, 2.45) is 0 Å². The van der Waals surface area contributed by atoms with Crippen LogP contribution in [0.15, 0.2) is 36.4 Å². The van der Waals surface area contributed by atoms with E-state index in [1.807, 2.05) is 43.3 Å². The highest BCUT2D eigenvalue weighted by atomic mass is 35.5. The van der Waals surface area contributed by atoms with E-state index in [-0.39, 0.29) is 0 Å². The molecule has 1 unspecified atom stereocenters. The maximum absolute atomic E-state index is 11.6. The summed E-state index contributed by atoms with van der Waals surface area (Å²) in [6, 6.07) is 11.5. The highest BCUT2D eigenvalue weighted by Gasteiger charge is 2.24. The quantitative estimate of drug-likeness (QED) is 0.681. The molecule has 0 aliphatic heterocycles. The van der Waals surface area contributed by atoms with Gasteiger partial charge < -0.3 is 14.8 Å². The fourth-order valence-corrected chi connectivity index (χ4v) is 3.46. The molecule has 3 rings (SSSR count). The molecule has 130 valence electrons. The number of H-pyrrole nitrogens is 1. The molecule has 1 aromatic heterocycles. The number of fused-ring (bicyclic) bond motifs is 1. The van der Waals surface area contributed by atoms with E-state index in [0.717, 1.165) is 39.0 Å². The van der Waals surface area contributed by atoms with Gasteiger partial charge in [0.05, 0.1) is 13.0 Å². The molecule has 3 aromatic rings. The second-order valence-electron chi connectivity index (χ2n) is 6.20. The van der Waals surface area contributed by atoms with E-state index in [2.05, 4.69) is 4.98 Å². The molecule has 0 bridgehead atoms. The minimum absolute atomic E-state index is 0.607. The molecule has 0 amide bonds. The summed E-state index contributed by atoms with van der Waals surface area (Å²) < 4.78 is 5.57. The molecule has 25 heavy (non-hydrogen) atoms. The zero-order valence-corrected chi connectivity index (χ0v) is 15.1. The maximum Gasteiger partial charge on any atom is 0.310 e. The molecule has 0 aliphatic carbocycles. The van der Waals surface area contributed by atoms with Gasteiger partial charge in [-0.25, -0.2) is 0 Å². The van der Waals surface area contributed by atoms with E-state index in [1.165, 1.54) is 0 Å². The number of hydrogen-bond acceptors (Lipinski definition) is 2. The molecule has 0 fully saturated rings. The fourth-order valence-electron chi connectivity index (χ4n) is 3.34. The summed E-state index contributed by atoms with van der Waals surface area (Å²) in [4.78, 5) is 14.9. The van der Waals surface area contributed by atoms with Crippen LogP contribution in [0.5, 0.6) is 5.75 Å². The lowest BCUT2D eigenvalue weighted by Gasteiger charge is -2.14. The summed E-state index contributed by atoms with van der Waals surface area (Å²) in [7, 11) is 1.63. The Balaban J connectivity index is 2.23. The van der Waals surface area contributed by atoms with Crippen LogP contribution >= 0.6 is 11.6 Å². The molecule has 1 heterocycles. The predicted octanol–water partition coefficient (Wildman–Crippen LogP) is 4.92. The van der Waals surface area contributed by atoms with Crippen LogP contribution in [0.2, 0.25) is 5.02 Å². The van der Waals surface area contributed by atoms with Crippen LogP contribution in [-0.4, -0.2) is 23.2 Å². The number of aliphatic carboxylic acids is 1. The Morgan fingerprint density at radius 3 is 2.52 bits per heavy atom. The average Bonchev–Trinajstić information content (AvgIpc) is 2.92. The number of aryl methyl sites for hydroxylation is 1. The Bertz CT molecular complexity index is 928. The number of carbonyl (C=O) groups is 1. The van der Waals surface area contributed by atoms with Crippen molar-refractivity contribution >= 4 is 28.5 Å². The van der Waals surface area contributed by atoms with Gasteiger partial charge in [-0.05, 0) is 49.2 Å². The van der Waals surface area contributed by atoms with Gasteiger partial charge in [0, 0.05) is 33.6 Å². The Morgan fingerprint density at radius 1 is 1.24 bits per heavy atom. The largest absolute Gasteiger partial charge is 0.496 e. The third kappa shape index (κ3) is 3.22. The molecule has 0 saturated carbocycles. The van der Waals surface area contributed by atoms with Gasteiger partial charge in [0.25, 0.3) is 0 Å². The topological polar surface area (TPSA) is 62.3 Å². The maximum atomic E-state index is 11.6. The third-order valence-electron chi connectivity index (χ3n) is 4.58. The van der Waals surface area contributed by atoms with Crippen LogP contribution in [0.3, 0.4) is 0 Å². The number of aromatic amines is 1. The number of rotatable bonds is 5. The minimum atomic E-state index is -0.843. The SMILES string of the molecule is COc1ccc2[nH]c(C)c(C(C)C(=O)O)c2c1Cc1ccc(Cl)cc1. The summed E-state index contributed by atoms with van der Waals surface area (Å²) in [6.07, 6.45) is 0.633. The lowest BCUT2D eigenvalue weighted by Crippen LogP contribution is -2.09. The van der Waals surface area contributed by atoms with E-state index < -0.39 is 11.9 Å². The first-order valence-electron chi connectivity index (χ1n) is 8.07. The van der Waals surface area contributed by atoms with Crippen molar-refractivity contribution in [2.45, 2.75) is 26.2 Å². The zero-order chi connectivity index (χ0) is 18.1. The number of carboxylic acid groups (broad SMARTS) is 1. The van der Waals surface area contributed by atoms with Gasteiger partial charge in [-0.15, -0.1) is 0 Å². The van der Waals surface area contributed by atoms with Gasteiger partial charge in [-0.1, -0.05) is 23.7 Å². The van der Waals surface area contributed by atoms with Crippen molar-refractivity contribution in [3.8, 4) is 5.75 Å². The van der Waals surface area contributed by atoms with E-state index in [4.69, 9.17) is 16.3 Å². The summed E-state index contributed by atoms with van der Waals surface area (Å²) in [6.45, 7) is 3.62. The Morgan fingerprint density at radius 2 is 1.92 bits per heavy atom. The number of halogens is 1. The van der Waals surface area contributed by atoms with Crippen molar-refractivity contribution in [2.75, 3.05) is 7.11 Å². The number of nitrogens with one attached hydrogen (secondary N) is 1. The molecule has 0 radical (unpaired) electrons. The van der Waals surface area contributed by atoms with Crippen LogP contribution in [-0.2, 0) is 11.2 Å². The number of benzene rings is 2. The Kier molecular flexibility index (Phi) is 4.73. The van der Waals surface area contributed by atoms with Crippen molar-refractivity contribution in [3.05, 3.63) is 63.8 Å². The van der Waals surface area contributed by atoms with E-state index in [0.29, 0.717) is 11.4 Å². The molecule has 4 nitrogen and oxygen atoms in total. The molecule has 0 spiro atoms. The predicted molar refractivity (Wildman–Crippen MR) is 99.9 cm³/mol. The van der Waals surface area contributed by atoms with Crippen molar-refractivity contribution < 1.29 is 14.6 Å². The first-order valence-corrected chi connectivity index (χ1v) is 8.45. The van der Waals surface area contributed by atoms with E-state index in [9.17, 15) is 9.90 Å². The zero-order valence-electron chi connectivity index (χ0n) is 14.4. The van der Waals surface area contributed by atoms with Gasteiger partial charge in [-0.2, -0.15) is 0 Å². The summed E-state index contributed by atoms with van der Waals surface area (Å²) in [5.41, 5.74) is 4.67. The van der Waals surface area contributed by atoms with Gasteiger partial charge in [0.15, 0.2) is 0 Å². The molecule has 0 aliphatic rings. The molecule has 2 N–H and O–H groups in total. The van der Waals surface area contributed by atoms with Crippen LogP contribution < -0.4 is 4.74 Å². The van der Waals surface area contributed by atoms with E-state index >= 15 is 0 Å². The summed E-state index contributed by atoms with van der Waals surface area (Å²) >= 11 is 5.98. The molecule has 1 atom stereocenters. The van der Waals surface area contributed by atoms with Gasteiger partial charge in [0.1, 0.15) is 5.75 Å². The van der Waals surface area contributed by atoms with Crippen LogP contribution in [0, 0.1) is 6.92 Å². The highest BCUT2D eigenvalue weighted by Crippen LogP contribution is 2.37. The first kappa shape index (κ1) is 17.4. The summed E-state index contributed by atoms with van der Waals surface area (Å²) in [5, 5.41) is 11.1. The number of carboxylic acids is 1. The average molecular weight is 358 g/mol. The van der Waals surface area contributed by atoms with Crippen molar-refractivity contribution in [3.63, 3.8) is 0 Å². The lowest BCUT2D eigenvalue weighted by molar-refractivity contribution is -0.138. The molecule has 2 aromatic carbocycles. The highest BCUT2D eigenvalue weighted by molar-refractivity contribution is 6.30. The Hall–Kier alpha value is -2.46. The monoisotopic (exact) mass is 357 g/mol. The van der Waals surface area contributed by atoms with E-state index in [1.54, 1.807) is 14.0 Å². The second kappa shape index (κ2) is 6.81. The number of hydrogen-bond donors (Lipinski definition) is 2. The molecule has 5 heteroatoms. The number of aromatic nitrogens is 1. The van der Waals surface area contributed by atoms with Crippen molar-refractivity contribution in [1.82, 2.24) is 4.98 Å². The van der Waals surface area contributed by atoms with Gasteiger partial charge in [0.2, 0.25) is 0 Å². The van der Waals surface area contributed by atoms with Crippen LogP contribution in [0.25, 0.3) is 10.9 Å².